The lowest BCUT2D eigenvalue weighted by molar-refractivity contribution is 0.467. The number of aryl methyl sites for hydroxylation is 2. The van der Waals surface area contributed by atoms with Gasteiger partial charge in [-0.25, -0.2) is 9.59 Å². The number of aromatic hydroxyl groups is 1. The highest BCUT2D eigenvalue weighted by atomic mass is 16.4. The summed E-state index contributed by atoms with van der Waals surface area (Å²) in [7, 11) is 0. The molecule has 0 radical (unpaired) electrons. The van der Waals surface area contributed by atoms with E-state index in [0.29, 0.717) is 21.9 Å². The van der Waals surface area contributed by atoms with Crippen LogP contribution in [0.15, 0.2) is 65.3 Å². The molecule has 5 aromatic rings. The summed E-state index contributed by atoms with van der Waals surface area (Å²) in [6.45, 7) is 3.77. The number of benzene rings is 2. The molecule has 0 saturated carbocycles. The first-order valence-electron chi connectivity index (χ1n) is 8.66. The molecule has 28 heavy (non-hydrogen) atoms. The maximum Gasteiger partial charge on any atom is 0.351 e. The van der Waals surface area contributed by atoms with Gasteiger partial charge in [0.2, 0.25) is 0 Å². The molecule has 1 N–H and O–H groups in total. The van der Waals surface area contributed by atoms with Gasteiger partial charge in [0.1, 0.15) is 33.6 Å². The normalized spacial score (nSPS) is 11.6. The highest BCUT2D eigenvalue weighted by Gasteiger charge is 2.22. The van der Waals surface area contributed by atoms with Gasteiger partial charge in [0.25, 0.3) is 0 Å². The van der Waals surface area contributed by atoms with Crippen molar-refractivity contribution >= 4 is 32.9 Å². The lowest BCUT2D eigenvalue weighted by atomic mass is 10.1. The van der Waals surface area contributed by atoms with Crippen molar-refractivity contribution in [3.8, 4) is 17.1 Å². The Morgan fingerprint density at radius 1 is 0.714 bits per heavy atom. The molecule has 0 bridgehead atoms. The molecular weight excluding hydrogens is 360 g/mol. The van der Waals surface area contributed by atoms with Gasteiger partial charge in [-0.3, -0.25) is 0 Å². The van der Waals surface area contributed by atoms with Crippen LogP contribution >= 0.6 is 0 Å². The lowest BCUT2D eigenvalue weighted by Crippen LogP contribution is -2.03. The van der Waals surface area contributed by atoms with E-state index in [1.54, 1.807) is 24.3 Å². The van der Waals surface area contributed by atoms with Crippen LogP contribution < -0.4 is 11.3 Å². The van der Waals surface area contributed by atoms with Gasteiger partial charge in [0.15, 0.2) is 5.58 Å². The van der Waals surface area contributed by atoms with E-state index in [9.17, 15) is 14.7 Å². The molecule has 6 nitrogen and oxygen atoms in total. The van der Waals surface area contributed by atoms with Crippen LogP contribution in [0.3, 0.4) is 0 Å². The fourth-order valence-corrected chi connectivity index (χ4v) is 3.45. The molecule has 3 heterocycles. The summed E-state index contributed by atoms with van der Waals surface area (Å²) in [5.74, 6) is -0.204. The fourth-order valence-electron chi connectivity index (χ4n) is 3.45. The predicted molar refractivity (Wildman–Crippen MR) is 105 cm³/mol. The lowest BCUT2D eigenvalue weighted by Gasteiger charge is -2.05. The number of fused-ring (bicyclic) bond motifs is 4. The van der Waals surface area contributed by atoms with Crippen LogP contribution in [-0.4, -0.2) is 5.11 Å². The first-order valence-corrected chi connectivity index (χ1v) is 8.66. The molecule has 5 rings (SSSR count). The molecule has 0 amide bonds. The van der Waals surface area contributed by atoms with Crippen LogP contribution in [-0.2, 0) is 0 Å². The largest absolute Gasteiger partial charge is 0.506 e. The predicted octanol–water partition coefficient (Wildman–Crippen LogP) is 4.64. The Bertz CT molecular complexity index is 1530. The van der Waals surface area contributed by atoms with Crippen molar-refractivity contribution in [3.05, 3.63) is 74.4 Å². The maximum atomic E-state index is 12.5. The zero-order valence-electron chi connectivity index (χ0n) is 15.0. The number of hydrogen-bond donors (Lipinski definition) is 1. The summed E-state index contributed by atoms with van der Waals surface area (Å²) in [5.41, 5.74) is 1.35. The van der Waals surface area contributed by atoms with Crippen molar-refractivity contribution in [2.75, 3.05) is 0 Å². The van der Waals surface area contributed by atoms with Crippen LogP contribution in [0.2, 0.25) is 0 Å². The molecule has 0 fully saturated rings. The second kappa shape index (κ2) is 5.60. The van der Waals surface area contributed by atoms with E-state index in [-0.39, 0.29) is 28.0 Å². The van der Waals surface area contributed by atoms with Gasteiger partial charge < -0.3 is 18.4 Å². The van der Waals surface area contributed by atoms with E-state index < -0.39 is 11.3 Å². The zero-order chi connectivity index (χ0) is 19.6. The first-order chi connectivity index (χ1) is 13.4. The molecule has 3 aromatic heterocycles. The van der Waals surface area contributed by atoms with Crippen molar-refractivity contribution in [1.29, 1.82) is 0 Å². The SMILES string of the molecule is Cc1ccc2oc(=O)c(-c3cc4c(=O)oc5ccc(C)cc5c4o3)c(O)c2c1. The van der Waals surface area contributed by atoms with Crippen LogP contribution in [0, 0.1) is 13.8 Å². The summed E-state index contributed by atoms with van der Waals surface area (Å²) in [5, 5.41) is 11.9. The maximum absolute atomic E-state index is 12.5. The molecular formula is C22H14O6. The van der Waals surface area contributed by atoms with Crippen molar-refractivity contribution in [3.63, 3.8) is 0 Å². The molecule has 6 heteroatoms. The zero-order valence-corrected chi connectivity index (χ0v) is 15.0. The van der Waals surface area contributed by atoms with Crippen LogP contribution in [0.1, 0.15) is 11.1 Å². The van der Waals surface area contributed by atoms with Crippen molar-refractivity contribution < 1.29 is 18.4 Å². The Balaban J connectivity index is 1.89. The van der Waals surface area contributed by atoms with E-state index in [1.807, 2.05) is 26.0 Å². The summed E-state index contributed by atoms with van der Waals surface area (Å²) in [4.78, 5) is 24.9. The van der Waals surface area contributed by atoms with E-state index >= 15 is 0 Å². The van der Waals surface area contributed by atoms with E-state index in [1.165, 1.54) is 6.07 Å². The third-order valence-corrected chi connectivity index (χ3v) is 4.81. The smallest absolute Gasteiger partial charge is 0.351 e. The monoisotopic (exact) mass is 374 g/mol. The molecule has 0 saturated heterocycles. The minimum absolute atomic E-state index is 0.0472. The second-order valence-corrected chi connectivity index (χ2v) is 6.86. The van der Waals surface area contributed by atoms with Gasteiger partial charge in [-0.2, -0.15) is 0 Å². The Morgan fingerprint density at radius 2 is 1.32 bits per heavy atom. The van der Waals surface area contributed by atoms with Crippen LogP contribution in [0.5, 0.6) is 5.75 Å². The number of hydrogen-bond acceptors (Lipinski definition) is 6. The van der Waals surface area contributed by atoms with Gasteiger partial charge in [-0.05, 0) is 38.1 Å². The number of furan rings is 1. The summed E-state index contributed by atoms with van der Waals surface area (Å²) >= 11 is 0. The average molecular weight is 374 g/mol. The Labute approximate surface area is 157 Å². The summed E-state index contributed by atoms with van der Waals surface area (Å²) in [6, 6.07) is 11.9. The molecule has 0 atom stereocenters. The molecule has 2 aromatic carbocycles. The topological polar surface area (TPSA) is 93.8 Å². The fraction of sp³-hybridized carbons (Fsp3) is 0.0909. The van der Waals surface area contributed by atoms with Crippen LogP contribution in [0.25, 0.3) is 44.2 Å². The van der Waals surface area contributed by atoms with E-state index in [2.05, 4.69) is 0 Å². The van der Waals surface area contributed by atoms with Gasteiger partial charge in [0.05, 0.1) is 10.8 Å². The quantitative estimate of drug-likeness (QED) is 0.430. The Morgan fingerprint density at radius 3 is 2.04 bits per heavy atom. The minimum Gasteiger partial charge on any atom is -0.506 e. The van der Waals surface area contributed by atoms with Gasteiger partial charge in [-0.1, -0.05) is 23.3 Å². The molecule has 0 aliphatic carbocycles. The average Bonchev–Trinajstić information content (AvgIpc) is 3.09. The van der Waals surface area contributed by atoms with Gasteiger partial charge >= 0.3 is 11.3 Å². The highest BCUT2D eigenvalue weighted by Crippen LogP contribution is 2.37. The summed E-state index contributed by atoms with van der Waals surface area (Å²) < 4.78 is 16.5. The molecule has 138 valence electrons. The minimum atomic E-state index is -0.752. The third-order valence-electron chi connectivity index (χ3n) is 4.81. The Hall–Kier alpha value is -3.80. The van der Waals surface area contributed by atoms with Gasteiger partial charge in [0, 0.05) is 6.07 Å². The standard InChI is InChI=1S/C22H14O6/c1-10-3-5-15-12(7-10)19(23)18(22(25)28-15)17-9-14-20(26-17)13-8-11(2)4-6-16(13)27-21(14)24/h3-9,23H,1-2H3. The van der Waals surface area contributed by atoms with Gasteiger partial charge in [-0.15, -0.1) is 0 Å². The molecule has 0 spiro atoms. The molecule has 0 aliphatic rings. The van der Waals surface area contributed by atoms with Crippen LogP contribution in [0.4, 0.5) is 0 Å². The Kier molecular flexibility index (Phi) is 3.27. The first kappa shape index (κ1) is 16.4. The molecule has 0 unspecified atom stereocenters. The van der Waals surface area contributed by atoms with Crippen molar-refractivity contribution in [1.82, 2.24) is 0 Å². The van der Waals surface area contributed by atoms with E-state index in [4.69, 9.17) is 13.3 Å². The number of rotatable bonds is 1. The van der Waals surface area contributed by atoms with Crippen molar-refractivity contribution in [2.24, 2.45) is 0 Å². The second-order valence-electron chi connectivity index (χ2n) is 6.86. The summed E-state index contributed by atoms with van der Waals surface area (Å²) in [6.07, 6.45) is 0. The highest BCUT2D eigenvalue weighted by molar-refractivity contribution is 6.03. The molecule has 0 aliphatic heterocycles. The van der Waals surface area contributed by atoms with E-state index in [0.717, 1.165) is 11.1 Å². The van der Waals surface area contributed by atoms with Crippen molar-refractivity contribution in [2.45, 2.75) is 13.8 Å². The third kappa shape index (κ3) is 2.28.